The molecule has 0 heterocycles. The Hall–Kier alpha value is -0.120. The van der Waals surface area contributed by atoms with E-state index in [0.717, 1.165) is 32.6 Å². The third kappa shape index (κ3) is 8.48. The summed E-state index contributed by atoms with van der Waals surface area (Å²) in [7, 11) is 1.72. The minimum atomic E-state index is 0.292. The highest BCUT2D eigenvalue weighted by molar-refractivity contribution is 4.61. The van der Waals surface area contributed by atoms with E-state index in [4.69, 9.17) is 9.47 Å². The quantitative estimate of drug-likeness (QED) is 0.580. The predicted octanol–water partition coefficient (Wildman–Crippen LogP) is 1.82. The molecule has 2 unspecified atom stereocenters. The summed E-state index contributed by atoms with van der Waals surface area (Å²) >= 11 is 0. The molecule has 0 amide bonds. The maximum Gasteiger partial charge on any atom is 0.0671 e. The van der Waals surface area contributed by atoms with Crippen LogP contribution in [0.5, 0.6) is 0 Å². The smallest absolute Gasteiger partial charge is 0.0671 e. The van der Waals surface area contributed by atoms with E-state index in [9.17, 15) is 0 Å². The molecule has 86 valence electrons. The van der Waals surface area contributed by atoms with Gasteiger partial charge in [0, 0.05) is 32.9 Å². The third-order valence-electron chi connectivity index (χ3n) is 2.26. The second-order valence-electron chi connectivity index (χ2n) is 3.75. The van der Waals surface area contributed by atoms with E-state index in [1.54, 1.807) is 7.11 Å². The molecule has 0 aromatic heterocycles. The van der Waals surface area contributed by atoms with Gasteiger partial charge in [-0.1, -0.05) is 6.92 Å². The average molecular weight is 203 g/mol. The van der Waals surface area contributed by atoms with Crippen LogP contribution in [0.15, 0.2) is 0 Å². The zero-order valence-corrected chi connectivity index (χ0v) is 10.0. The monoisotopic (exact) mass is 203 g/mol. The molecule has 0 saturated heterocycles. The molecule has 0 spiro atoms. The van der Waals surface area contributed by atoms with Crippen molar-refractivity contribution >= 4 is 0 Å². The zero-order valence-electron chi connectivity index (χ0n) is 10.0. The van der Waals surface area contributed by atoms with Gasteiger partial charge >= 0.3 is 0 Å². The summed E-state index contributed by atoms with van der Waals surface area (Å²) in [6, 6.07) is 0.583. The van der Waals surface area contributed by atoms with Crippen LogP contribution in [0.3, 0.4) is 0 Å². The molecule has 0 radical (unpaired) electrons. The van der Waals surface area contributed by atoms with E-state index in [0.29, 0.717) is 12.1 Å². The lowest BCUT2D eigenvalue weighted by atomic mass is 10.2. The number of ether oxygens (including phenoxy) is 2. The first-order valence-corrected chi connectivity index (χ1v) is 5.54. The average Bonchev–Trinajstić information content (AvgIpc) is 2.21. The molecule has 0 aromatic carbocycles. The summed E-state index contributed by atoms with van der Waals surface area (Å²) in [5.74, 6) is 0. The number of nitrogens with one attached hydrogen (secondary N) is 1. The first kappa shape index (κ1) is 13.9. The Labute approximate surface area is 88.2 Å². The van der Waals surface area contributed by atoms with Gasteiger partial charge in [-0.05, 0) is 26.7 Å². The van der Waals surface area contributed by atoms with Gasteiger partial charge in [-0.2, -0.15) is 0 Å². The Morgan fingerprint density at radius 3 is 2.50 bits per heavy atom. The molecule has 3 heteroatoms. The highest BCUT2D eigenvalue weighted by Crippen LogP contribution is 1.94. The van der Waals surface area contributed by atoms with E-state index < -0.39 is 0 Å². The van der Waals surface area contributed by atoms with Crippen molar-refractivity contribution in [3.63, 3.8) is 0 Å². The van der Waals surface area contributed by atoms with Crippen molar-refractivity contribution < 1.29 is 9.47 Å². The minimum Gasteiger partial charge on any atom is -0.385 e. The molecule has 0 bridgehead atoms. The Kier molecular flexibility index (Phi) is 9.35. The lowest BCUT2D eigenvalue weighted by molar-refractivity contribution is 0.0491. The van der Waals surface area contributed by atoms with Crippen LogP contribution in [0.25, 0.3) is 0 Å². The van der Waals surface area contributed by atoms with Gasteiger partial charge in [0.1, 0.15) is 0 Å². The van der Waals surface area contributed by atoms with Crippen molar-refractivity contribution in [1.29, 1.82) is 0 Å². The number of methoxy groups -OCH3 is 1. The summed E-state index contributed by atoms with van der Waals surface area (Å²) in [5, 5.41) is 3.42. The fourth-order valence-corrected chi connectivity index (χ4v) is 1.06. The molecular weight excluding hydrogens is 178 g/mol. The molecule has 14 heavy (non-hydrogen) atoms. The maximum absolute atomic E-state index is 5.60. The first-order chi connectivity index (χ1) is 6.70. The summed E-state index contributed by atoms with van der Waals surface area (Å²) in [4.78, 5) is 0. The van der Waals surface area contributed by atoms with Crippen molar-refractivity contribution in [3.05, 3.63) is 0 Å². The second-order valence-corrected chi connectivity index (χ2v) is 3.75. The van der Waals surface area contributed by atoms with Gasteiger partial charge in [0.05, 0.1) is 6.10 Å². The molecule has 0 aliphatic rings. The highest BCUT2D eigenvalue weighted by atomic mass is 16.5. The molecule has 1 N–H and O–H groups in total. The SMILES string of the molecule is CCC(C)NCC(C)OCCCOC. The second kappa shape index (κ2) is 9.44. The summed E-state index contributed by atoms with van der Waals surface area (Å²) in [6.45, 7) is 8.98. The van der Waals surface area contributed by atoms with Crippen LogP contribution in [-0.2, 0) is 9.47 Å². The third-order valence-corrected chi connectivity index (χ3v) is 2.26. The molecule has 0 rings (SSSR count). The fraction of sp³-hybridized carbons (Fsp3) is 1.00. The van der Waals surface area contributed by atoms with E-state index in [2.05, 4.69) is 26.1 Å². The van der Waals surface area contributed by atoms with E-state index in [1.165, 1.54) is 0 Å². The Balaban J connectivity index is 3.23. The summed E-state index contributed by atoms with van der Waals surface area (Å²) in [5.41, 5.74) is 0. The van der Waals surface area contributed by atoms with Gasteiger partial charge in [0.2, 0.25) is 0 Å². The van der Waals surface area contributed by atoms with Crippen molar-refractivity contribution in [2.24, 2.45) is 0 Å². The number of hydrogen-bond donors (Lipinski definition) is 1. The van der Waals surface area contributed by atoms with Gasteiger partial charge in [-0.3, -0.25) is 0 Å². The van der Waals surface area contributed by atoms with Crippen LogP contribution < -0.4 is 5.32 Å². The van der Waals surface area contributed by atoms with Crippen molar-refractivity contribution in [1.82, 2.24) is 5.32 Å². The summed E-state index contributed by atoms with van der Waals surface area (Å²) in [6.07, 6.45) is 2.43. The fourth-order valence-electron chi connectivity index (χ4n) is 1.06. The van der Waals surface area contributed by atoms with Crippen LogP contribution >= 0.6 is 0 Å². The van der Waals surface area contributed by atoms with Crippen LogP contribution in [0.1, 0.15) is 33.6 Å². The standard InChI is InChI=1S/C11H25NO2/c1-5-10(2)12-9-11(3)14-8-6-7-13-4/h10-12H,5-9H2,1-4H3. The van der Waals surface area contributed by atoms with Crippen molar-refractivity contribution in [2.75, 3.05) is 26.9 Å². The van der Waals surface area contributed by atoms with Crippen LogP contribution in [0.2, 0.25) is 0 Å². The molecule has 0 aromatic rings. The van der Waals surface area contributed by atoms with Crippen LogP contribution in [-0.4, -0.2) is 39.0 Å². The predicted molar refractivity (Wildman–Crippen MR) is 59.7 cm³/mol. The minimum absolute atomic E-state index is 0.292. The van der Waals surface area contributed by atoms with E-state index in [-0.39, 0.29) is 0 Å². The normalized spacial score (nSPS) is 15.4. The van der Waals surface area contributed by atoms with Crippen LogP contribution in [0.4, 0.5) is 0 Å². The number of rotatable bonds is 9. The zero-order chi connectivity index (χ0) is 10.8. The van der Waals surface area contributed by atoms with Gasteiger partial charge in [-0.25, -0.2) is 0 Å². The van der Waals surface area contributed by atoms with Crippen molar-refractivity contribution in [3.8, 4) is 0 Å². The maximum atomic E-state index is 5.60. The first-order valence-electron chi connectivity index (χ1n) is 5.54. The lowest BCUT2D eigenvalue weighted by Gasteiger charge is -2.17. The van der Waals surface area contributed by atoms with Crippen molar-refractivity contribution in [2.45, 2.75) is 45.8 Å². The molecule has 3 nitrogen and oxygen atoms in total. The molecular formula is C11H25NO2. The molecule has 0 fully saturated rings. The van der Waals surface area contributed by atoms with Gasteiger partial charge in [-0.15, -0.1) is 0 Å². The largest absolute Gasteiger partial charge is 0.385 e. The van der Waals surface area contributed by atoms with Gasteiger partial charge in [0.25, 0.3) is 0 Å². The lowest BCUT2D eigenvalue weighted by Crippen LogP contribution is -2.33. The Morgan fingerprint density at radius 2 is 1.93 bits per heavy atom. The van der Waals surface area contributed by atoms with Gasteiger partial charge in [0.15, 0.2) is 0 Å². The van der Waals surface area contributed by atoms with Gasteiger partial charge < -0.3 is 14.8 Å². The topological polar surface area (TPSA) is 30.5 Å². The van der Waals surface area contributed by atoms with E-state index >= 15 is 0 Å². The Bertz CT molecular complexity index is 120. The Morgan fingerprint density at radius 1 is 1.21 bits per heavy atom. The summed E-state index contributed by atoms with van der Waals surface area (Å²) < 4.78 is 10.5. The molecule has 0 aliphatic heterocycles. The van der Waals surface area contributed by atoms with Crippen LogP contribution in [0, 0.1) is 0 Å². The van der Waals surface area contributed by atoms with E-state index in [1.807, 2.05) is 0 Å². The molecule has 2 atom stereocenters. The molecule has 0 saturated carbocycles. The molecule has 0 aliphatic carbocycles. The number of hydrogen-bond acceptors (Lipinski definition) is 3. The highest BCUT2D eigenvalue weighted by Gasteiger charge is 2.03.